The SMILES string of the molecule is Cc1ccc([C@H](C)NC(=O)c2cc(C)nc3onc(-c4ccc5c(c4)OCO5)c23)c(C)c1. The number of aromatic nitrogens is 2. The van der Waals surface area contributed by atoms with Crippen LogP contribution < -0.4 is 14.8 Å². The lowest BCUT2D eigenvalue weighted by Gasteiger charge is -2.17. The van der Waals surface area contributed by atoms with E-state index >= 15 is 0 Å². The number of fused-ring (bicyclic) bond motifs is 2. The number of hydrogen-bond donors (Lipinski definition) is 1. The van der Waals surface area contributed by atoms with Gasteiger partial charge in [0.25, 0.3) is 11.6 Å². The number of aryl methyl sites for hydroxylation is 3. The van der Waals surface area contributed by atoms with Crippen molar-refractivity contribution < 1.29 is 18.8 Å². The summed E-state index contributed by atoms with van der Waals surface area (Å²) in [6.45, 7) is 8.10. The van der Waals surface area contributed by atoms with Gasteiger partial charge in [-0.05, 0) is 63.1 Å². The summed E-state index contributed by atoms with van der Waals surface area (Å²) >= 11 is 0. The fraction of sp³-hybridized carbons (Fsp3) is 0.240. The number of amides is 1. The molecule has 1 amide bonds. The van der Waals surface area contributed by atoms with Gasteiger partial charge in [-0.15, -0.1) is 0 Å². The summed E-state index contributed by atoms with van der Waals surface area (Å²) in [6, 6.07) is 13.3. The summed E-state index contributed by atoms with van der Waals surface area (Å²) in [4.78, 5) is 17.8. The summed E-state index contributed by atoms with van der Waals surface area (Å²) in [5.74, 6) is 1.10. The Morgan fingerprint density at radius 3 is 2.66 bits per heavy atom. The zero-order valence-electron chi connectivity index (χ0n) is 18.4. The van der Waals surface area contributed by atoms with Crippen molar-refractivity contribution in [2.75, 3.05) is 6.79 Å². The molecule has 0 aliphatic carbocycles. The van der Waals surface area contributed by atoms with Crippen molar-refractivity contribution in [1.82, 2.24) is 15.5 Å². The summed E-state index contributed by atoms with van der Waals surface area (Å²) in [6.07, 6.45) is 0. The highest BCUT2D eigenvalue weighted by molar-refractivity contribution is 6.09. The van der Waals surface area contributed by atoms with E-state index in [2.05, 4.69) is 47.5 Å². The Morgan fingerprint density at radius 2 is 1.84 bits per heavy atom. The fourth-order valence-corrected chi connectivity index (χ4v) is 4.16. The molecular formula is C25H23N3O4. The van der Waals surface area contributed by atoms with Crippen LogP contribution in [-0.4, -0.2) is 22.8 Å². The van der Waals surface area contributed by atoms with Gasteiger partial charge in [-0.2, -0.15) is 0 Å². The Hall–Kier alpha value is -3.87. The van der Waals surface area contributed by atoms with Crippen molar-refractivity contribution in [2.24, 2.45) is 0 Å². The first-order chi connectivity index (χ1) is 15.4. The van der Waals surface area contributed by atoms with Gasteiger partial charge < -0.3 is 19.3 Å². The molecule has 1 N–H and O–H groups in total. The fourth-order valence-electron chi connectivity index (χ4n) is 4.16. The number of rotatable bonds is 4. The van der Waals surface area contributed by atoms with Crippen LogP contribution in [0, 0.1) is 20.8 Å². The molecule has 2 aromatic heterocycles. The number of nitrogens with one attached hydrogen (secondary N) is 1. The van der Waals surface area contributed by atoms with E-state index < -0.39 is 0 Å². The number of nitrogens with zero attached hydrogens (tertiary/aromatic N) is 2. The molecule has 7 heteroatoms. The van der Waals surface area contributed by atoms with Gasteiger partial charge in [0.2, 0.25) is 6.79 Å². The van der Waals surface area contributed by atoms with Crippen molar-refractivity contribution in [1.29, 1.82) is 0 Å². The number of ether oxygens (including phenoxy) is 2. The monoisotopic (exact) mass is 429 g/mol. The van der Waals surface area contributed by atoms with E-state index in [9.17, 15) is 4.79 Å². The van der Waals surface area contributed by atoms with Crippen LogP contribution in [0.4, 0.5) is 0 Å². The zero-order chi connectivity index (χ0) is 22.4. The van der Waals surface area contributed by atoms with Crippen LogP contribution in [0.3, 0.4) is 0 Å². The van der Waals surface area contributed by atoms with Gasteiger partial charge in [-0.25, -0.2) is 4.98 Å². The highest BCUT2D eigenvalue weighted by Crippen LogP contribution is 2.38. The molecule has 7 nitrogen and oxygen atoms in total. The molecular weight excluding hydrogens is 406 g/mol. The molecule has 5 rings (SSSR count). The van der Waals surface area contributed by atoms with E-state index in [4.69, 9.17) is 14.0 Å². The molecule has 162 valence electrons. The second kappa shape index (κ2) is 7.67. The third-order valence-electron chi connectivity index (χ3n) is 5.70. The molecule has 0 unspecified atom stereocenters. The first kappa shape index (κ1) is 20.1. The molecule has 3 heterocycles. The molecule has 4 aromatic rings. The van der Waals surface area contributed by atoms with Crippen LogP contribution in [-0.2, 0) is 0 Å². The van der Waals surface area contributed by atoms with E-state index in [0.29, 0.717) is 39.6 Å². The molecule has 0 saturated carbocycles. The predicted octanol–water partition coefficient (Wildman–Crippen LogP) is 5.03. The van der Waals surface area contributed by atoms with Crippen LogP contribution in [0.2, 0.25) is 0 Å². The van der Waals surface area contributed by atoms with Crippen molar-refractivity contribution in [3.63, 3.8) is 0 Å². The van der Waals surface area contributed by atoms with Gasteiger partial charge in [0.05, 0.1) is 17.0 Å². The Labute approximate surface area is 185 Å². The lowest BCUT2D eigenvalue weighted by Crippen LogP contribution is -2.27. The number of pyridine rings is 1. The maximum absolute atomic E-state index is 13.4. The summed E-state index contributed by atoms with van der Waals surface area (Å²) in [7, 11) is 0. The average Bonchev–Trinajstić information content (AvgIpc) is 3.39. The quantitative estimate of drug-likeness (QED) is 0.489. The average molecular weight is 429 g/mol. The van der Waals surface area contributed by atoms with Gasteiger partial charge in [0.15, 0.2) is 11.5 Å². The van der Waals surface area contributed by atoms with E-state index in [1.54, 1.807) is 6.07 Å². The molecule has 0 fully saturated rings. The standard InChI is InChI=1S/C25H23N3O4/c1-13-5-7-18(14(2)9-13)16(4)27-24(29)19-10-15(3)26-25-22(19)23(28-32-25)17-6-8-20-21(11-17)31-12-30-20/h5-11,16H,12H2,1-4H3,(H,27,29)/t16-/m0/s1. The van der Waals surface area contributed by atoms with Crippen LogP contribution in [0.25, 0.3) is 22.4 Å². The van der Waals surface area contributed by atoms with E-state index in [1.807, 2.05) is 32.0 Å². The predicted molar refractivity (Wildman–Crippen MR) is 120 cm³/mol. The minimum Gasteiger partial charge on any atom is -0.454 e. The molecule has 0 saturated heterocycles. The van der Waals surface area contributed by atoms with E-state index in [1.165, 1.54) is 5.56 Å². The number of benzene rings is 2. The smallest absolute Gasteiger partial charge is 0.259 e. The second-order valence-corrected chi connectivity index (χ2v) is 8.15. The van der Waals surface area contributed by atoms with Gasteiger partial charge in [0, 0.05) is 11.3 Å². The maximum Gasteiger partial charge on any atom is 0.259 e. The molecule has 1 aliphatic rings. The molecule has 1 atom stereocenters. The van der Waals surface area contributed by atoms with Crippen LogP contribution in [0.5, 0.6) is 11.5 Å². The second-order valence-electron chi connectivity index (χ2n) is 8.15. The normalized spacial score (nSPS) is 13.4. The van der Waals surface area contributed by atoms with Gasteiger partial charge >= 0.3 is 0 Å². The first-order valence-electron chi connectivity index (χ1n) is 10.5. The zero-order valence-corrected chi connectivity index (χ0v) is 18.4. The minimum absolute atomic E-state index is 0.166. The Morgan fingerprint density at radius 1 is 1.03 bits per heavy atom. The molecule has 2 aromatic carbocycles. The van der Waals surface area contributed by atoms with Crippen molar-refractivity contribution in [2.45, 2.75) is 33.7 Å². The number of carbonyl (C=O) groups is 1. The molecule has 0 radical (unpaired) electrons. The van der Waals surface area contributed by atoms with E-state index in [0.717, 1.165) is 16.7 Å². The maximum atomic E-state index is 13.4. The highest BCUT2D eigenvalue weighted by Gasteiger charge is 2.24. The van der Waals surface area contributed by atoms with Crippen LogP contribution in [0.1, 0.15) is 45.7 Å². The molecule has 32 heavy (non-hydrogen) atoms. The van der Waals surface area contributed by atoms with Crippen LogP contribution in [0.15, 0.2) is 47.0 Å². The van der Waals surface area contributed by atoms with Gasteiger partial charge in [0.1, 0.15) is 5.69 Å². The first-order valence-corrected chi connectivity index (χ1v) is 10.5. The molecule has 0 spiro atoms. The summed E-state index contributed by atoms with van der Waals surface area (Å²) in [5.41, 5.74) is 6.17. The minimum atomic E-state index is -0.210. The van der Waals surface area contributed by atoms with Crippen molar-refractivity contribution in [3.8, 4) is 22.8 Å². The topological polar surface area (TPSA) is 86.5 Å². The summed E-state index contributed by atoms with van der Waals surface area (Å²) < 4.78 is 16.4. The Balaban J connectivity index is 1.54. The van der Waals surface area contributed by atoms with Gasteiger partial charge in [-0.3, -0.25) is 4.79 Å². The number of carbonyl (C=O) groups excluding carboxylic acids is 1. The lowest BCUT2D eigenvalue weighted by atomic mass is 9.99. The van der Waals surface area contributed by atoms with E-state index in [-0.39, 0.29) is 18.7 Å². The third kappa shape index (κ3) is 3.45. The van der Waals surface area contributed by atoms with Crippen molar-refractivity contribution >= 4 is 17.0 Å². The third-order valence-corrected chi connectivity index (χ3v) is 5.70. The Kier molecular flexibility index (Phi) is 4.81. The van der Waals surface area contributed by atoms with Crippen molar-refractivity contribution in [3.05, 3.63) is 70.4 Å². The lowest BCUT2D eigenvalue weighted by molar-refractivity contribution is 0.0941. The largest absolute Gasteiger partial charge is 0.454 e. The number of hydrogen-bond acceptors (Lipinski definition) is 6. The summed E-state index contributed by atoms with van der Waals surface area (Å²) in [5, 5.41) is 7.91. The molecule has 1 aliphatic heterocycles. The van der Waals surface area contributed by atoms with Gasteiger partial charge in [-0.1, -0.05) is 28.9 Å². The Bertz CT molecular complexity index is 1360. The van der Waals surface area contributed by atoms with Crippen LogP contribution >= 0.6 is 0 Å². The highest BCUT2D eigenvalue weighted by atomic mass is 16.7. The molecule has 0 bridgehead atoms.